The Morgan fingerprint density at radius 2 is 1.69 bits per heavy atom. The molecular formula is C19H16F3N3S. The van der Waals surface area contributed by atoms with Crippen molar-refractivity contribution in [2.24, 2.45) is 5.73 Å². The minimum atomic E-state index is -4.40. The first-order chi connectivity index (χ1) is 12.4. The van der Waals surface area contributed by atoms with Gasteiger partial charge < -0.3 is 10.3 Å². The normalized spacial score (nSPS) is 11.5. The van der Waals surface area contributed by atoms with Crippen LogP contribution in [0.3, 0.4) is 0 Å². The predicted molar refractivity (Wildman–Crippen MR) is 97.9 cm³/mol. The number of hydrogen-bond donors (Lipinski definition) is 1. The van der Waals surface area contributed by atoms with Crippen LogP contribution >= 0.6 is 12.2 Å². The second-order valence-corrected chi connectivity index (χ2v) is 6.26. The Hall–Kier alpha value is -2.67. The van der Waals surface area contributed by atoms with E-state index < -0.39 is 11.7 Å². The molecule has 0 aliphatic rings. The lowest BCUT2D eigenvalue weighted by Gasteiger charge is -2.14. The van der Waals surface area contributed by atoms with Crippen LogP contribution in [0.15, 0.2) is 60.9 Å². The molecule has 3 aromatic rings. The lowest BCUT2D eigenvalue weighted by Crippen LogP contribution is -2.15. The van der Waals surface area contributed by atoms with E-state index in [4.69, 9.17) is 18.0 Å². The average Bonchev–Trinajstić information content (AvgIpc) is 3.01. The Morgan fingerprint density at radius 3 is 2.38 bits per heavy atom. The molecule has 3 nitrogen and oxygen atoms in total. The van der Waals surface area contributed by atoms with Gasteiger partial charge in [0.05, 0.1) is 5.56 Å². The Morgan fingerprint density at radius 1 is 1.04 bits per heavy atom. The van der Waals surface area contributed by atoms with Gasteiger partial charge in [-0.05, 0) is 17.2 Å². The summed E-state index contributed by atoms with van der Waals surface area (Å²) in [6.07, 6.45) is -0.999. The van der Waals surface area contributed by atoms with Gasteiger partial charge in [0.15, 0.2) is 0 Å². The Labute approximate surface area is 154 Å². The second kappa shape index (κ2) is 7.29. The van der Waals surface area contributed by atoms with E-state index in [2.05, 4.69) is 4.98 Å². The molecule has 0 spiro atoms. The van der Waals surface area contributed by atoms with Crippen LogP contribution in [0.1, 0.15) is 28.1 Å². The second-order valence-electron chi connectivity index (χ2n) is 5.82. The van der Waals surface area contributed by atoms with Gasteiger partial charge in [0, 0.05) is 30.9 Å². The van der Waals surface area contributed by atoms with Gasteiger partial charge >= 0.3 is 6.18 Å². The molecule has 0 radical (unpaired) electrons. The molecule has 0 bridgehead atoms. The predicted octanol–water partition coefficient (Wildman–Crippen LogP) is 4.18. The van der Waals surface area contributed by atoms with Gasteiger partial charge in [0.1, 0.15) is 10.8 Å². The third-order valence-corrected chi connectivity index (χ3v) is 4.32. The lowest BCUT2D eigenvalue weighted by molar-refractivity contribution is -0.138. The third kappa shape index (κ3) is 3.94. The number of hydrogen-bond acceptors (Lipinski definition) is 2. The molecule has 0 aliphatic heterocycles. The van der Waals surface area contributed by atoms with E-state index in [1.807, 2.05) is 28.8 Å². The van der Waals surface area contributed by atoms with E-state index in [-0.39, 0.29) is 17.0 Å². The number of benzene rings is 2. The summed E-state index contributed by atoms with van der Waals surface area (Å²) in [4.78, 5) is 4.52. The fourth-order valence-electron chi connectivity index (χ4n) is 2.85. The average molecular weight is 375 g/mol. The first-order valence-corrected chi connectivity index (χ1v) is 8.30. The van der Waals surface area contributed by atoms with E-state index in [0.29, 0.717) is 12.4 Å². The highest BCUT2D eigenvalue weighted by Gasteiger charge is 2.33. The lowest BCUT2D eigenvalue weighted by atomic mass is 10.0. The number of aromatic nitrogens is 2. The third-order valence-electron chi connectivity index (χ3n) is 4.10. The number of imidazole rings is 1. The van der Waals surface area contributed by atoms with E-state index in [0.717, 1.165) is 17.2 Å². The minimum Gasteiger partial charge on any atom is -0.389 e. The van der Waals surface area contributed by atoms with Crippen LogP contribution in [0.4, 0.5) is 13.2 Å². The topological polar surface area (TPSA) is 43.8 Å². The summed E-state index contributed by atoms with van der Waals surface area (Å²) in [5.74, 6) is 0.541. The van der Waals surface area contributed by atoms with Gasteiger partial charge in [0.2, 0.25) is 0 Å². The van der Waals surface area contributed by atoms with E-state index in [1.165, 1.54) is 12.1 Å². The summed E-state index contributed by atoms with van der Waals surface area (Å²) in [7, 11) is 0. The number of nitrogens with two attached hydrogens (primary N) is 1. The van der Waals surface area contributed by atoms with Crippen molar-refractivity contribution in [3.8, 4) is 0 Å². The van der Waals surface area contributed by atoms with Crippen LogP contribution in [-0.4, -0.2) is 14.5 Å². The highest BCUT2D eigenvalue weighted by molar-refractivity contribution is 7.80. The zero-order valence-electron chi connectivity index (χ0n) is 13.7. The first-order valence-electron chi connectivity index (χ1n) is 7.89. The van der Waals surface area contributed by atoms with E-state index >= 15 is 0 Å². The number of halogens is 3. The highest BCUT2D eigenvalue weighted by Crippen LogP contribution is 2.32. The summed E-state index contributed by atoms with van der Waals surface area (Å²) in [5.41, 5.74) is 6.94. The van der Waals surface area contributed by atoms with Gasteiger partial charge in [-0.3, -0.25) is 0 Å². The van der Waals surface area contributed by atoms with Crippen molar-refractivity contribution in [1.29, 1.82) is 0 Å². The summed E-state index contributed by atoms with van der Waals surface area (Å²) < 4.78 is 41.4. The number of alkyl halides is 3. The monoisotopic (exact) mass is 375 g/mol. The fraction of sp³-hybridized carbons (Fsp3) is 0.158. The molecule has 2 N–H and O–H groups in total. The summed E-state index contributed by atoms with van der Waals surface area (Å²) >= 11 is 5.07. The quantitative estimate of drug-likeness (QED) is 0.681. The van der Waals surface area contributed by atoms with Crippen molar-refractivity contribution in [2.75, 3.05) is 0 Å². The van der Waals surface area contributed by atoms with Crippen molar-refractivity contribution in [1.82, 2.24) is 9.55 Å². The summed E-state index contributed by atoms with van der Waals surface area (Å²) in [6, 6.07) is 13.0. The largest absolute Gasteiger partial charge is 0.416 e. The molecule has 3 rings (SSSR count). The molecule has 7 heteroatoms. The molecule has 1 aromatic heterocycles. The van der Waals surface area contributed by atoms with Crippen molar-refractivity contribution < 1.29 is 13.2 Å². The Kier molecular flexibility index (Phi) is 5.08. The number of rotatable bonds is 5. The molecule has 0 unspecified atom stereocenters. The van der Waals surface area contributed by atoms with Crippen molar-refractivity contribution in [2.45, 2.75) is 19.1 Å². The molecule has 0 fully saturated rings. The van der Waals surface area contributed by atoms with E-state index in [1.54, 1.807) is 18.5 Å². The van der Waals surface area contributed by atoms with Crippen LogP contribution < -0.4 is 5.73 Å². The zero-order chi connectivity index (χ0) is 18.7. The van der Waals surface area contributed by atoms with Crippen LogP contribution in [0.2, 0.25) is 0 Å². The maximum Gasteiger partial charge on any atom is 0.416 e. The fourth-order valence-corrected chi connectivity index (χ4v) is 3.05. The number of nitrogens with zero attached hydrogens (tertiary/aromatic N) is 2. The van der Waals surface area contributed by atoms with Gasteiger partial charge in [-0.15, -0.1) is 0 Å². The molecule has 0 amide bonds. The SMILES string of the molecule is NC(=S)c1ccccc1Cn1ccnc1Cc1ccccc1C(F)(F)F. The molecular weight excluding hydrogens is 359 g/mol. The van der Waals surface area contributed by atoms with Crippen LogP contribution in [0, 0.1) is 0 Å². The van der Waals surface area contributed by atoms with E-state index in [9.17, 15) is 13.2 Å². The minimum absolute atomic E-state index is 0.0813. The molecule has 2 aromatic carbocycles. The maximum atomic E-state index is 13.2. The molecule has 1 heterocycles. The maximum absolute atomic E-state index is 13.2. The Balaban J connectivity index is 1.91. The van der Waals surface area contributed by atoms with Crippen molar-refractivity contribution >= 4 is 17.2 Å². The van der Waals surface area contributed by atoms with Crippen LogP contribution in [0.25, 0.3) is 0 Å². The first kappa shape index (κ1) is 18.1. The standard InChI is InChI=1S/C19H16F3N3S/c20-19(21,22)16-8-4-2-5-13(16)11-17-24-9-10-25(17)12-14-6-1-3-7-15(14)18(23)26/h1-10H,11-12H2,(H2,23,26). The zero-order valence-corrected chi connectivity index (χ0v) is 14.5. The highest BCUT2D eigenvalue weighted by atomic mass is 32.1. The molecule has 0 saturated carbocycles. The molecule has 134 valence electrons. The summed E-state index contributed by atoms with van der Waals surface area (Å²) in [6.45, 7) is 0.428. The number of thiocarbonyl (C=S) groups is 1. The van der Waals surface area contributed by atoms with Gasteiger partial charge in [-0.25, -0.2) is 4.98 Å². The smallest absolute Gasteiger partial charge is 0.389 e. The van der Waals surface area contributed by atoms with Gasteiger partial charge in [-0.2, -0.15) is 13.2 Å². The molecule has 26 heavy (non-hydrogen) atoms. The molecule has 0 atom stereocenters. The van der Waals surface area contributed by atoms with Crippen LogP contribution in [0.5, 0.6) is 0 Å². The Bertz CT molecular complexity index is 932. The molecule has 0 aliphatic carbocycles. The van der Waals surface area contributed by atoms with Crippen molar-refractivity contribution in [3.05, 3.63) is 89.0 Å². The van der Waals surface area contributed by atoms with Crippen LogP contribution in [-0.2, 0) is 19.1 Å². The molecule has 0 saturated heterocycles. The summed E-state index contributed by atoms with van der Waals surface area (Å²) in [5, 5.41) is 0. The van der Waals surface area contributed by atoms with Crippen molar-refractivity contribution in [3.63, 3.8) is 0 Å². The van der Waals surface area contributed by atoms with Gasteiger partial charge in [-0.1, -0.05) is 54.7 Å². The van der Waals surface area contributed by atoms with Gasteiger partial charge in [0.25, 0.3) is 0 Å².